The lowest BCUT2D eigenvalue weighted by Gasteiger charge is -2.34. The lowest BCUT2D eigenvalue weighted by Crippen LogP contribution is -2.41. The highest BCUT2D eigenvalue weighted by Gasteiger charge is 2.34. The van der Waals surface area contributed by atoms with Crippen molar-refractivity contribution in [3.05, 3.63) is 0 Å². The van der Waals surface area contributed by atoms with Crippen LogP contribution < -0.4 is 5.32 Å². The van der Waals surface area contributed by atoms with Crippen LogP contribution >= 0.6 is 0 Å². The lowest BCUT2D eigenvalue weighted by atomic mass is 9.83. The SMILES string of the molecule is CCC1(CN2CCCOC(C)C2)CCNC1. The summed E-state index contributed by atoms with van der Waals surface area (Å²) < 4.78 is 5.71. The average molecular weight is 226 g/mol. The zero-order valence-electron chi connectivity index (χ0n) is 10.8. The van der Waals surface area contributed by atoms with E-state index in [9.17, 15) is 0 Å². The number of rotatable bonds is 3. The lowest BCUT2D eigenvalue weighted by molar-refractivity contribution is 0.0600. The van der Waals surface area contributed by atoms with Gasteiger partial charge in [0.25, 0.3) is 0 Å². The quantitative estimate of drug-likeness (QED) is 0.789. The Kier molecular flexibility index (Phi) is 4.22. The molecule has 16 heavy (non-hydrogen) atoms. The van der Waals surface area contributed by atoms with Gasteiger partial charge in [0.2, 0.25) is 0 Å². The second-order valence-corrected chi connectivity index (χ2v) is 5.55. The second kappa shape index (κ2) is 5.48. The normalized spacial score (nSPS) is 37.5. The standard InChI is InChI=1S/C13H26N2O/c1-3-13(5-6-14-10-13)11-15-7-4-8-16-12(2)9-15/h12,14H,3-11H2,1-2H3. The van der Waals surface area contributed by atoms with Gasteiger partial charge in [-0.15, -0.1) is 0 Å². The fourth-order valence-corrected chi connectivity index (χ4v) is 3.04. The van der Waals surface area contributed by atoms with Crippen LogP contribution in [0.1, 0.15) is 33.1 Å². The fourth-order valence-electron chi connectivity index (χ4n) is 3.04. The van der Waals surface area contributed by atoms with Crippen LogP contribution in [-0.4, -0.2) is 50.3 Å². The Morgan fingerprint density at radius 1 is 1.50 bits per heavy atom. The highest BCUT2D eigenvalue weighted by Crippen LogP contribution is 2.30. The molecule has 2 unspecified atom stereocenters. The minimum Gasteiger partial charge on any atom is -0.377 e. The van der Waals surface area contributed by atoms with Gasteiger partial charge in [-0.25, -0.2) is 0 Å². The Morgan fingerprint density at radius 3 is 3.06 bits per heavy atom. The zero-order valence-corrected chi connectivity index (χ0v) is 10.8. The zero-order chi connectivity index (χ0) is 11.4. The Bertz CT molecular complexity index is 214. The molecule has 2 atom stereocenters. The molecule has 3 heteroatoms. The van der Waals surface area contributed by atoms with E-state index in [4.69, 9.17) is 4.74 Å². The molecule has 0 aromatic heterocycles. The van der Waals surface area contributed by atoms with E-state index in [1.54, 1.807) is 0 Å². The van der Waals surface area contributed by atoms with Gasteiger partial charge >= 0.3 is 0 Å². The van der Waals surface area contributed by atoms with Crippen LogP contribution in [0.2, 0.25) is 0 Å². The van der Waals surface area contributed by atoms with Gasteiger partial charge in [-0.3, -0.25) is 0 Å². The topological polar surface area (TPSA) is 24.5 Å². The third-order valence-corrected chi connectivity index (χ3v) is 4.18. The Balaban J connectivity index is 1.91. The average Bonchev–Trinajstić information content (AvgIpc) is 2.64. The molecule has 2 aliphatic rings. The summed E-state index contributed by atoms with van der Waals surface area (Å²) in [5.41, 5.74) is 0.532. The summed E-state index contributed by atoms with van der Waals surface area (Å²) in [7, 11) is 0. The van der Waals surface area contributed by atoms with Crippen molar-refractivity contribution in [2.45, 2.75) is 39.2 Å². The molecule has 0 aromatic rings. The minimum absolute atomic E-state index is 0.408. The number of hydrogen-bond donors (Lipinski definition) is 1. The molecule has 0 saturated carbocycles. The third-order valence-electron chi connectivity index (χ3n) is 4.18. The molecule has 3 nitrogen and oxygen atoms in total. The number of hydrogen-bond acceptors (Lipinski definition) is 3. The molecule has 2 fully saturated rings. The number of ether oxygens (including phenoxy) is 1. The highest BCUT2D eigenvalue weighted by molar-refractivity contribution is 4.90. The van der Waals surface area contributed by atoms with Crippen molar-refractivity contribution >= 4 is 0 Å². The Morgan fingerprint density at radius 2 is 2.38 bits per heavy atom. The first-order valence-electron chi connectivity index (χ1n) is 6.79. The van der Waals surface area contributed by atoms with Crippen LogP contribution in [0, 0.1) is 5.41 Å². The second-order valence-electron chi connectivity index (χ2n) is 5.55. The van der Waals surface area contributed by atoms with E-state index < -0.39 is 0 Å². The molecule has 2 rings (SSSR count). The molecule has 0 aliphatic carbocycles. The molecule has 0 amide bonds. The van der Waals surface area contributed by atoms with Crippen molar-refractivity contribution in [2.75, 3.05) is 39.3 Å². The van der Waals surface area contributed by atoms with Gasteiger partial charge in [0, 0.05) is 32.8 Å². The predicted molar refractivity (Wildman–Crippen MR) is 66.7 cm³/mol. The fraction of sp³-hybridized carbons (Fsp3) is 1.00. The van der Waals surface area contributed by atoms with Crippen LogP contribution in [0.3, 0.4) is 0 Å². The molecule has 2 aliphatic heterocycles. The van der Waals surface area contributed by atoms with Gasteiger partial charge in [0.05, 0.1) is 6.10 Å². The van der Waals surface area contributed by atoms with Gasteiger partial charge in [-0.2, -0.15) is 0 Å². The summed E-state index contributed by atoms with van der Waals surface area (Å²) in [4.78, 5) is 2.62. The molecule has 1 N–H and O–H groups in total. The number of nitrogens with zero attached hydrogens (tertiary/aromatic N) is 1. The summed E-state index contributed by atoms with van der Waals surface area (Å²) in [5.74, 6) is 0. The van der Waals surface area contributed by atoms with Crippen LogP contribution in [0.4, 0.5) is 0 Å². The highest BCUT2D eigenvalue weighted by atomic mass is 16.5. The van der Waals surface area contributed by atoms with Gasteiger partial charge in [-0.1, -0.05) is 6.92 Å². The van der Waals surface area contributed by atoms with Crippen molar-refractivity contribution in [1.82, 2.24) is 10.2 Å². The van der Waals surface area contributed by atoms with Crippen LogP contribution in [0.15, 0.2) is 0 Å². The van der Waals surface area contributed by atoms with Crippen LogP contribution in [0.5, 0.6) is 0 Å². The van der Waals surface area contributed by atoms with E-state index in [-0.39, 0.29) is 0 Å². The van der Waals surface area contributed by atoms with Crippen LogP contribution in [-0.2, 0) is 4.74 Å². The maximum absolute atomic E-state index is 5.71. The van der Waals surface area contributed by atoms with Gasteiger partial charge in [0.15, 0.2) is 0 Å². The monoisotopic (exact) mass is 226 g/mol. The summed E-state index contributed by atoms with van der Waals surface area (Å²) >= 11 is 0. The first-order valence-corrected chi connectivity index (χ1v) is 6.79. The van der Waals surface area contributed by atoms with Crippen LogP contribution in [0.25, 0.3) is 0 Å². The summed E-state index contributed by atoms with van der Waals surface area (Å²) in [6.45, 7) is 11.5. The third kappa shape index (κ3) is 2.96. The minimum atomic E-state index is 0.408. The molecule has 0 bridgehead atoms. The molecular weight excluding hydrogens is 200 g/mol. The maximum Gasteiger partial charge on any atom is 0.0673 e. The van der Waals surface area contributed by atoms with E-state index in [0.717, 1.165) is 13.2 Å². The summed E-state index contributed by atoms with van der Waals surface area (Å²) in [6.07, 6.45) is 4.24. The molecular formula is C13H26N2O. The van der Waals surface area contributed by atoms with Crippen molar-refractivity contribution in [3.63, 3.8) is 0 Å². The molecule has 0 spiro atoms. The molecule has 2 saturated heterocycles. The van der Waals surface area contributed by atoms with E-state index in [0.29, 0.717) is 11.5 Å². The van der Waals surface area contributed by atoms with Crippen molar-refractivity contribution in [1.29, 1.82) is 0 Å². The van der Waals surface area contributed by atoms with E-state index in [1.807, 2.05) is 0 Å². The largest absolute Gasteiger partial charge is 0.377 e. The molecule has 94 valence electrons. The van der Waals surface area contributed by atoms with Gasteiger partial charge in [-0.05, 0) is 38.1 Å². The Hall–Kier alpha value is -0.120. The Labute approximate surface area is 99.5 Å². The summed E-state index contributed by atoms with van der Waals surface area (Å²) in [5, 5.41) is 3.52. The first-order chi connectivity index (χ1) is 7.74. The van der Waals surface area contributed by atoms with E-state index in [1.165, 1.54) is 45.4 Å². The van der Waals surface area contributed by atoms with E-state index >= 15 is 0 Å². The molecule has 2 heterocycles. The molecule has 0 aromatic carbocycles. The van der Waals surface area contributed by atoms with Crippen molar-refractivity contribution in [3.8, 4) is 0 Å². The summed E-state index contributed by atoms with van der Waals surface area (Å²) in [6, 6.07) is 0. The van der Waals surface area contributed by atoms with Gasteiger partial charge < -0.3 is 15.0 Å². The molecule has 0 radical (unpaired) electrons. The smallest absolute Gasteiger partial charge is 0.0673 e. The maximum atomic E-state index is 5.71. The predicted octanol–water partition coefficient (Wildman–Crippen LogP) is 1.49. The van der Waals surface area contributed by atoms with Crippen molar-refractivity contribution < 1.29 is 4.74 Å². The van der Waals surface area contributed by atoms with Crippen molar-refractivity contribution in [2.24, 2.45) is 5.41 Å². The number of nitrogens with one attached hydrogen (secondary N) is 1. The van der Waals surface area contributed by atoms with E-state index in [2.05, 4.69) is 24.1 Å². The first kappa shape index (κ1) is 12.3. The van der Waals surface area contributed by atoms with Gasteiger partial charge in [0.1, 0.15) is 0 Å².